The molecule has 5 rings (SSSR count). The summed E-state index contributed by atoms with van der Waals surface area (Å²) in [6, 6.07) is 15.5. The van der Waals surface area contributed by atoms with Crippen molar-refractivity contribution >= 4 is 10.9 Å². The third-order valence-electron chi connectivity index (χ3n) is 6.01. The number of H-pyrrole nitrogens is 1. The monoisotopic (exact) mass is 485 g/mol. The van der Waals surface area contributed by atoms with E-state index in [1.807, 2.05) is 18.2 Å². The first kappa shape index (κ1) is 23.0. The van der Waals surface area contributed by atoms with Gasteiger partial charge >= 0.3 is 0 Å². The number of aryl methyl sites for hydroxylation is 2. The zero-order valence-electron chi connectivity index (χ0n) is 20.1. The number of hydrogen-bond donors (Lipinski definition) is 2. The van der Waals surface area contributed by atoms with Crippen LogP contribution < -0.4 is 20.5 Å². The summed E-state index contributed by atoms with van der Waals surface area (Å²) in [7, 11) is 4.79. The van der Waals surface area contributed by atoms with Crippen molar-refractivity contribution in [2.45, 2.75) is 6.92 Å². The number of hydrogen-bond acceptors (Lipinski definition) is 7. The molecule has 9 nitrogen and oxygen atoms in total. The highest BCUT2D eigenvalue weighted by atomic mass is 16.5. The van der Waals surface area contributed by atoms with Crippen molar-refractivity contribution in [1.29, 1.82) is 0 Å². The van der Waals surface area contributed by atoms with Crippen LogP contribution >= 0.6 is 0 Å². The SMILES string of the molecule is COc1cccc(-c2nc(-c3cc4ccc(OC)cc4n(C)c3=O)[nH]c2-c2oc(C)cc(=O)c2O)c1. The number of benzene rings is 2. The number of nitrogens with one attached hydrogen (secondary N) is 1. The van der Waals surface area contributed by atoms with E-state index in [0.717, 1.165) is 5.39 Å². The van der Waals surface area contributed by atoms with Gasteiger partial charge in [-0.25, -0.2) is 4.98 Å². The van der Waals surface area contributed by atoms with Crippen molar-refractivity contribution in [1.82, 2.24) is 14.5 Å². The van der Waals surface area contributed by atoms with E-state index in [-0.39, 0.29) is 22.8 Å². The Kier molecular flexibility index (Phi) is 5.60. The van der Waals surface area contributed by atoms with Gasteiger partial charge in [0.05, 0.1) is 25.3 Å². The molecule has 0 fully saturated rings. The van der Waals surface area contributed by atoms with Gasteiger partial charge in [-0.15, -0.1) is 0 Å². The Hall–Kier alpha value is -4.79. The van der Waals surface area contributed by atoms with Crippen molar-refractivity contribution in [3.63, 3.8) is 0 Å². The zero-order chi connectivity index (χ0) is 25.6. The fraction of sp³-hybridized carbons (Fsp3) is 0.148. The molecule has 0 atom stereocenters. The number of rotatable bonds is 5. The van der Waals surface area contributed by atoms with Gasteiger partial charge in [0.25, 0.3) is 5.56 Å². The van der Waals surface area contributed by atoms with Gasteiger partial charge in [0.15, 0.2) is 5.76 Å². The van der Waals surface area contributed by atoms with Crippen molar-refractivity contribution < 1.29 is 19.0 Å². The minimum Gasteiger partial charge on any atom is -0.501 e. The second kappa shape index (κ2) is 8.77. The van der Waals surface area contributed by atoms with E-state index in [4.69, 9.17) is 18.9 Å². The number of aromatic nitrogens is 3. The van der Waals surface area contributed by atoms with Gasteiger partial charge in [-0.3, -0.25) is 9.59 Å². The van der Waals surface area contributed by atoms with E-state index in [9.17, 15) is 14.7 Å². The largest absolute Gasteiger partial charge is 0.501 e. The minimum absolute atomic E-state index is 0.0704. The first-order valence-corrected chi connectivity index (χ1v) is 11.1. The number of nitrogens with zero attached hydrogens (tertiary/aromatic N) is 2. The molecule has 3 aromatic heterocycles. The summed E-state index contributed by atoms with van der Waals surface area (Å²) in [5, 5.41) is 11.4. The number of ether oxygens (including phenoxy) is 2. The lowest BCUT2D eigenvalue weighted by molar-refractivity contribution is 0.415. The minimum atomic E-state index is -0.586. The lowest BCUT2D eigenvalue weighted by Crippen LogP contribution is -2.19. The fourth-order valence-electron chi connectivity index (χ4n) is 4.16. The Morgan fingerprint density at radius 2 is 1.75 bits per heavy atom. The summed E-state index contributed by atoms with van der Waals surface area (Å²) >= 11 is 0. The number of methoxy groups -OCH3 is 2. The summed E-state index contributed by atoms with van der Waals surface area (Å²) in [6.45, 7) is 1.61. The van der Waals surface area contributed by atoms with Crippen LogP contribution in [0.1, 0.15) is 5.76 Å². The number of fused-ring (bicyclic) bond motifs is 1. The zero-order valence-corrected chi connectivity index (χ0v) is 20.1. The molecule has 0 saturated carbocycles. The van der Waals surface area contributed by atoms with E-state index < -0.39 is 11.2 Å². The van der Waals surface area contributed by atoms with Crippen molar-refractivity contribution in [2.24, 2.45) is 7.05 Å². The number of aromatic hydroxyl groups is 1. The summed E-state index contributed by atoms with van der Waals surface area (Å²) in [6.07, 6.45) is 0. The second-order valence-electron chi connectivity index (χ2n) is 8.29. The average Bonchev–Trinajstić information content (AvgIpc) is 3.33. The van der Waals surface area contributed by atoms with Crippen LogP contribution in [0.2, 0.25) is 0 Å². The Bertz CT molecular complexity index is 1750. The molecular formula is C27H23N3O6. The van der Waals surface area contributed by atoms with Crippen molar-refractivity contribution in [3.8, 4) is 51.3 Å². The third-order valence-corrected chi connectivity index (χ3v) is 6.01. The van der Waals surface area contributed by atoms with Crippen molar-refractivity contribution in [2.75, 3.05) is 14.2 Å². The highest BCUT2D eigenvalue weighted by Crippen LogP contribution is 2.37. The van der Waals surface area contributed by atoms with Gasteiger partial charge in [-0.05, 0) is 42.6 Å². The van der Waals surface area contributed by atoms with Gasteiger partial charge in [0, 0.05) is 24.7 Å². The smallest absolute Gasteiger partial charge is 0.261 e. The Morgan fingerprint density at radius 1 is 1.00 bits per heavy atom. The van der Waals surface area contributed by atoms with Crippen LogP contribution in [-0.4, -0.2) is 33.9 Å². The third kappa shape index (κ3) is 3.80. The summed E-state index contributed by atoms with van der Waals surface area (Å²) in [4.78, 5) is 33.5. The van der Waals surface area contributed by atoms with E-state index in [2.05, 4.69) is 4.98 Å². The van der Waals surface area contributed by atoms with Crippen molar-refractivity contribution in [3.05, 3.63) is 80.9 Å². The first-order valence-electron chi connectivity index (χ1n) is 11.1. The summed E-state index contributed by atoms with van der Waals surface area (Å²) in [5.74, 6) is 1.17. The van der Waals surface area contributed by atoms with Gasteiger partial charge in [-0.2, -0.15) is 0 Å². The molecule has 182 valence electrons. The van der Waals surface area contributed by atoms with Crippen LogP contribution in [0.4, 0.5) is 0 Å². The fourth-order valence-corrected chi connectivity index (χ4v) is 4.16. The Balaban J connectivity index is 1.80. The van der Waals surface area contributed by atoms with Crippen LogP contribution in [-0.2, 0) is 7.05 Å². The van der Waals surface area contributed by atoms with Gasteiger partial charge in [0.2, 0.25) is 11.2 Å². The van der Waals surface area contributed by atoms with E-state index in [0.29, 0.717) is 39.6 Å². The molecule has 0 aliphatic heterocycles. The highest BCUT2D eigenvalue weighted by molar-refractivity contribution is 5.86. The van der Waals surface area contributed by atoms with E-state index in [1.54, 1.807) is 58.5 Å². The van der Waals surface area contributed by atoms with Crippen LogP contribution in [0.25, 0.3) is 45.0 Å². The maximum absolute atomic E-state index is 13.4. The molecule has 0 radical (unpaired) electrons. The van der Waals surface area contributed by atoms with E-state index >= 15 is 0 Å². The standard InChI is InChI=1S/C27H23N3O6/c1-14-10-21(31)24(32)25(36-14)23-22(16-6-5-7-17(11-16)34-3)28-26(29-23)19-12-15-8-9-18(35-4)13-20(15)30(2)27(19)33/h5-13,32H,1-4H3,(H,28,29). The molecule has 0 aliphatic rings. The first-order chi connectivity index (χ1) is 17.3. The molecule has 36 heavy (non-hydrogen) atoms. The molecule has 5 aromatic rings. The molecule has 0 unspecified atom stereocenters. The highest BCUT2D eigenvalue weighted by Gasteiger charge is 2.23. The summed E-state index contributed by atoms with van der Waals surface area (Å²) in [5.41, 5.74) is 1.40. The predicted molar refractivity (Wildman–Crippen MR) is 136 cm³/mol. The topological polar surface area (TPSA) is 120 Å². The second-order valence-corrected chi connectivity index (χ2v) is 8.29. The Labute approximate surface area is 205 Å². The summed E-state index contributed by atoms with van der Waals surface area (Å²) < 4.78 is 17.9. The lowest BCUT2D eigenvalue weighted by atomic mass is 10.1. The van der Waals surface area contributed by atoms with Gasteiger partial charge < -0.3 is 28.5 Å². The maximum atomic E-state index is 13.4. The molecule has 0 spiro atoms. The van der Waals surface area contributed by atoms with E-state index in [1.165, 1.54) is 10.6 Å². The molecule has 9 heteroatoms. The van der Waals surface area contributed by atoms with Crippen LogP contribution in [0, 0.1) is 6.92 Å². The van der Waals surface area contributed by atoms with Gasteiger partial charge in [0.1, 0.15) is 34.5 Å². The number of aromatic amines is 1. The molecule has 2 aromatic carbocycles. The number of imidazole rings is 1. The average molecular weight is 485 g/mol. The molecular weight excluding hydrogens is 462 g/mol. The number of pyridine rings is 1. The Morgan fingerprint density at radius 3 is 2.50 bits per heavy atom. The quantitative estimate of drug-likeness (QED) is 0.382. The molecule has 0 saturated heterocycles. The predicted octanol–water partition coefficient (Wildman–Crippen LogP) is 4.25. The molecule has 3 heterocycles. The molecule has 0 bridgehead atoms. The van der Waals surface area contributed by atoms with Crippen LogP contribution in [0.15, 0.2) is 68.6 Å². The normalized spacial score (nSPS) is 11.1. The molecule has 2 N–H and O–H groups in total. The van der Waals surface area contributed by atoms with Crippen LogP contribution in [0.3, 0.4) is 0 Å². The molecule has 0 aliphatic carbocycles. The molecule has 0 amide bonds. The van der Waals surface area contributed by atoms with Crippen LogP contribution in [0.5, 0.6) is 17.2 Å². The van der Waals surface area contributed by atoms with Gasteiger partial charge in [-0.1, -0.05) is 12.1 Å². The lowest BCUT2D eigenvalue weighted by Gasteiger charge is -2.09. The maximum Gasteiger partial charge on any atom is 0.261 e.